The summed E-state index contributed by atoms with van der Waals surface area (Å²) < 4.78 is 5.87. The van der Waals surface area contributed by atoms with E-state index in [4.69, 9.17) is 39.2 Å². The number of nitrogens with zero attached hydrogens (tertiary/aromatic N) is 2. The Labute approximate surface area is 198 Å². The van der Waals surface area contributed by atoms with E-state index in [9.17, 15) is 0 Å². The molecule has 2 heterocycles. The van der Waals surface area contributed by atoms with Crippen molar-refractivity contribution < 1.29 is 4.42 Å². The number of aromatic nitrogens is 1. The smallest absolute Gasteiger partial charge is 0.295 e. The lowest BCUT2D eigenvalue weighted by Crippen LogP contribution is -2.43. The first-order valence-electron chi connectivity index (χ1n) is 10.9. The van der Waals surface area contributed by atoms with Crippen LogP contribution in [0.1, 0.15) is 32.3 Å². The molecule has 0 bridgehead atoms. The highest BCUT2D eigenvalue weighted by atomic mass is 35.5. The maximum Gasteiger partial charge on any atom is 0.295 e. The van der Waals surface area contributed by atoms with Gasteiger partial charge in [-0.2, -0.15) is 4.98 Å². The van der Waals surface area contributed by atoms with Crippen LogP contribution in [-0.4, -0.2) is 35.6 Å². The van der Waals surface area contributed by atoms with Crippen LogP contribution in [0.15, 0.2) is 40.8 Å². The van der Waals surface area contributed by atoms with Crippen LogP contribution in [0, 0.1) is 11.8 Å². The zero-order chi connectivity index (χ0) is 22.0. The zero-order valence-electron chi connectivity index (χ0n) is 17.9. The molecule has 1 aliphatic heterocycles. The van der Waals surface area contributed by atoms with Crippen LogP contribution in [0.5, 0.6) is 0 Å². The lowest BCUT2D eigenvalue weighted by atomic mass is 9.89. The van der Waals surface area contributed by atoms with Crippen LogP contribution in [0.3, 0.4) is 0 Å². The quantitative estimate of drug-likeness (QED) is 0.389. The highest BCUT2D eigenvalue weighted by Crippen LogP contribution is 2.28. The Morgan fingerprint density at radius 3 is 2.55 bits per heavy atom. The van der Waals surface area contributed by atoms with Crippen molar-refractivity contribution in [2.75, 3.05) is 25.0 Å². The molecule has 31 heavy (non-hydrogen) atoms. The van der Waals surface area contributed by atoms with Crippen LogP contribution >= 0.6 is 34.8 Å². The maximum absolute atomic E-state index is 6.18. The molecule has 1 aromatic heterocycles. The number of piperidine rings is 1. The molecule has 2 aromatic carbocycles. The predicted molar refractivity (Wildman–Crippen MR) is 131 cm³/mol. The van der Waals surface area contributed by atoms with Gasteiger partial charge in [0.1, 0.15) is 5.52 Å². The molecule has 0 radical (unpaired) electrons. The van der Waals surface area contributed by atoms with Crippen molar-refractivity contribution in [1.82, 2.24) is 9.88 Å². The molecule has 4 rings (SSSR count). The van der Waals surface area contributed by atoms with E-state index in [1.807, 2.05) is 30.3 Å². The van der Waals surface area contributed by atoms with E-state index < -0.39 is 0 Å². The van der Waals surface area contributed by atoms with Gasteiger partial charge in [0.25, 0.3) is 6.01 Å². The SMILES string of the molecule is CC(C)[C@H](CN1CCC(Cc2ccc(Cl)c(Cl)c2)CC1)Nc1nc2cc(Cl)ccc2o1. The van der Waals surface area contributed by atoms with Crippen LogP contribution in [0.2, 0.25) is 15.1 Å². The van der Waals surface area contributed by atoms with Gasteiger partial charge in [-0.05, 0) is 80.1 Å². The third kappa shape index (κ3) is 5.87. The molecule has 0 amide bonds. The van der Waals surface area contributed by atoms with Gasteiger partial charge < -0.3 is 14.6 Å². The molecule has 0 unspecified atom stereocenters. The van der Waals surface area contributed by atoms with E-state index in [1.54, 1.807) is 0 Å². The third-order valence-corrected chi connectivity index (χ3v) is 7.11. The molecule has 1 fully saturated rings. The number of benzene rings is 2. The van der Waals surface area contributed by atoms with Crippen LogP contribution in [0.25, 0.3) is 11.1 Å². The highest BCUT2D eigenvalue weighted by molar-refractivity contribution is 6.42. The van der Waals surface area contributed by atoms with E-state index in [-0.39, 0.29) is 6.04 Å². The molecule has 1 N–H and O–H groups in total. The summed E-state index contributed by atoms with van der Waals surface area (Å²) in [6, 6.07) is 12.3. The second-order valence-corrected chi connectivity index (χ2v) is 10.1. The molecule has 0 saturated carbocycles. The normalized spacial score (nSPS) is 16.8. The van der Waals surface area contributed by atoms with Crippen molar-refractivity contribution in [2.45, 2.75) is 39.2 Å². The fraction of sp³-hybridized carbons (Fsp3) is 0.458. The van der Waals surface area contributed by atoms with Gasteiger partial charge in [-0.1, -0.05) is 54.7 Å². The molecule has 7 heteroatoms. The van der Waals surface area contributed by atoms with E-state index in [0.717, 1.165) is 37.2 Å². The monoisotopic (exact) mass is 479 g/mol. The number of hydrogen-bond donors (Lipinski definition) is 1. The van der Waals surface area contributed by atoms with E-state index >= 15 is 0 Å². The first kappa shape index (κ1) is 22.7. The van der Waals surface area contributed by atoms with Gasteiger partial charge in [0.05, 0.1) is 10.0 Å². The lowest BCUT2D eigenvalue weighted by Gasteiger charge is -2.35. The Morgan fingerprint density at radius 2 is 1.84 bits per heavy atom. The fourth-order valence-corrected chi connectivity index (χ4v) is 4.68. The summed E-state index contributed by atoms with van der Waals surface area (Å²) in [5.74, 6) is 1.13. The maximum atomic E-state index is 6.18. The Hall–Kier alpha value is -1.46. The van der Waals surface area contributed by atoms with Gasteiger partial charge in [0.2, 0.25) is 0 Å². The first-order valence-corrected chi connectivity index (χ1v) is 12.0. The summed E-state index contributed by atoms with van der Waals surface area (Å²) in [6.45, 7) is 7.62. The number of fused-ring (bicyclic) bond motifs is 1. The molecule has 1 aliphatic rings. The average molecular weight is 481 g/mol. The van der Waals surface area contributed by atoms with Crippen molar-refractivity contribution in [1.29, 1.82) is 0 Å². The molecule has 0 spiro atoms. The number of nitrogens with one attached hydrogen (secondary N) is 1. The number of anilines is 1. The molecule has 4 nitrogen and oxygen atoms in total. The summed E-state index contributed by atoms with van der Waals surface area (Å²) in [4.78, 5) is 7.10. The molecule has 1 saturated heterocycles. The standard InChI is InChI=1S/C24H28Cl3N3O/c1-15(2)22(29-24-28-21-13-18(25)4-6-23(21)31-24)14-30-9-7-16(8-10-30)11-17-3-5-19(26)20(27)12-17/h3-6,12-13,15-16,22H,7-11,14H2,1-2H3,(H,28,29)/t22-/m0/s1. The second kappa shape index (κ2) is 9.99. The highest BCUT2D eigenvalue weighted by Gasteiger charge is 2.24. The van der Waals surface area contributed by atoms with Crippen LogP contribution < -0.4 is 5.32 Å². The van der Waals surface area contributed by atoms with Crippen molar-refractivity contribution in [3.8, 4) is 0 Å². The average Bonchev–Trinajstić information content (AvgIpc) is 3.13. The zero-order valence-corrected chi connectivity index (χ0v) is 20.1. The van der Waals surface area contributed by atoms with Crippen molar-refractivity contribution in [3.05, 3.63) is 57.0 Å². The number of likely N-dealkylation sites (tertiary alicyclic amines) is 1. The van der Waals surface area contributed by atoms with Crippen LogP contribution in [-0.2, 0) is 6.42 Å². The summed E-state index contributed by atoms with van der Waals surface area (Å²) in [6.07, 6.45) is 3.43. The van der Waals surface area contributed by atoms with Gasteiger partial charge in [-0.25, -0.2) is 0 Å². The largest absolute Gasteiger partial charge is 0.424 e. The minimum absolute atomic E-state index is 0.259. The Bertz CT molecular complexity index is 1030. The van der Waals surface area contributed by atoms with Crippen molar-refractivity contribution in [3.63, 3.8) is 0 Å². The molecular weight excluding hydrogens is 453 g/mol. The van der Waals surface area contributed by atoms with Gasteiger partial charge in [-0.15, -0.1) is 0 Å². The first-order chi connectivity index (χ1) is 14.9. The van der Waals surface area contributed by atoms with Gasteiger partial charge in [0.15, 0.2) is 5.58 Å². The number of hydrogen-bond acceptors (Lipinski definition) is 4. The molecule has 1 atom stereocenters. The van der Waals surface area contributed by atoms with E-state index in [1.165, 1.54) is 18.4 Å². The van der Waals surface area contributed by atoms with E-state index in [0.29, 0.717) is 32.9 Å². The molecular formula is C24H28Cl3N3O. The third-order valence-electron chi connectivity index (χ3n) is 6.13. The summed E-state index contributed by atoms with van der Waals surface area (Å²) in [5, 5.41) is 5.43. The molecule has 166 valence electrons. The predicted octanol–water partition coefficient (Wildman–Crippen LogP) is 7.18. The number of halogens is 3. The number of oxazole rings is 1. The Kier molecular flexibility index (Phi) is 7.33. The van der Waals surface area contributed by atoms with Crippen molar-refractivity contribution in [2.24, 2.45) is 11.8 Å². The Morgan fingerprint density at radius 1 is 1.06 bits per heavy atom. The number of rotatable bonds is 7. The molecule has 0 aliphatic carbocycles. The van der Waals surface area contributed by atoms with Crippen LogP contribution in [0.4, 0.5) is 6.01 Å². The summed E-state index contributed by atoms with van der Waals surface area (Å²) >= 11 is 18.3. The fourth-order valence-electron chi connectivity index (χ4n) is 4.20. The van der Waals surface area contributed by atoms with E-state index in [2.05, 4.69) is 35.1 Å². The lowest BCUT2D eigenvalue weighted by molar-refractivity contribution is 0.169. The minimum Gasteiger partial charge on any atom is -0.424 e. The van der Waals surface area contributed by atoms with Gasteiger partial charge in [-0.3, -0.25) is 0 Å². The second-order valence-electron chi connectivity index (χ2n) is 8.82. The van der Waals surface area contributed by atoms with Gasteiger partial charge in [0, 0.05) is 17.6 Å². The topological polar surface area (TPSA) is 41.3 Å². The summed E-state index contributed by atoms with van der Waals surface area (Å²) in [7, 11) is 0. The summed E-state index contributed by atoms with van der Waals surface area (Å²) in [5.41, 5.74) is 2.80. The van der Waals surface area contributed by atoms with Crippen molar-refractivity contribution >= 4 is 51.9 Å². The minimum atomic E-state index is 0.259. The molecule has 3 aromatic rings. The Balaban J connectivity index is 1.32. The van der Waals surface area contributed by atoms with Gasteiger partial charge >= 0.3 is 0 Å².